The molecule has 2 aromatic rings. The summed E-state index contributed by atoms with van der Waals surface area (Å²) in [7, 11) is -3.55. The summed E-state index contributed by atoms with van der Waals surface area (Å²) < 4.78 is 33.7. The number of ether oxygens (including phenoxy) is 1. The average molecular weight is 407 g/mol. The minimum atomic E-state index is -3.55. The summed E-state index contributed by atoms with van der Waals surface area (Å²) in [6.07, 6.45) is 0.761. The van der Waals surface area contributed by atoms with Crippen molar-refractivity contribution in [3.63, 3.8) is 0 Å². The maximum Gasteiger partial charge on any atom is 0.251 e. The molecule has 9 heteroatoms. The number of carbonyl (C=O) groups is 1. The molecule has 0 unspecified atom stereocenters. The Balaban J connectivity index is 1.52. The molecular formula is C19H26N4O4S. The lowest BCUT2D eigenvalue weighted by Gasteiger charge is -2.26. The first kappa shape index (κ1) is 20.5. The number of carbonyl (C=O) groups excluding carboxylic acids is 1. The standard InChI is InChI=1S/C19H26N4O4S/c1-15-14-16(2)23(21-15)9-3-8-20-19(24)17-4-6-18(7-5-17)28(25,26)22-10-12-27-13-11-22/h4-7,14H,3,8-13H2,1-2H3,(H,20,24). The van der Waals surface area contributed by atoms with Crippen LogP contribution in [0.15, 0.2) is 35.2 Å². The largest absolute Gasteiger partial charge is 0.379 e. The van der Waals surface area contributed by atoms with Gasteiger partial charge in [0.1, 0.15) is 0 Å². The van der Waals surface area contributed by atoms with Gasteiger partial charge < -0.3 is 10.1 Å². The van der Waals surface area contributed by atoms with Crippen LogP contribution in [0.25, 0.3) is 0 Å². The molecule has 0 aliphatic carbocycles. The zero-order chi connectivity index (χ0) is 20.1. The van der Waals surface area contributed by atoms with Crippen molar-refractivity contribution < 1.29 is 17.9 Å². The molecule has 1 N–H and O–H groups in total. The van der Waals surface area contributed by atoms with Crippen LogP contribution in [-0.2, 0) is 21.3 Å². The summed E-state index contributed by atoms with van der Waals surface area (Å²) in [5, 5.41) is 7.25. The van der Waals surface area contributed by atoms with Crippen LogP contribution in [0.2, 0.25) is 0 Å². The molecule has 152 valence electrons. The quantitative estimate of drug-likeness (QED) is 0.701. The lowest BCUT2D eigenvalue weighted by Crippen LogP contribution is -2.40. The summed E-state index contributed by atoms with van der Waals surface area (Å²) >= 11 is 0. The van der Waals surface area contributed by atoms with E-state index < -0.39 is 10.0 Å². The Bertz CT molecular complexity index is 916. The normalized spacial score (nSPS) is 15.5. The Hall–Kier alpha value is -2.23. The monoisotopic (exact) mass is 406 g/mol. The fraction of sp³-hybridized carbons (Fsp3) is 0.474. The second-order valence-corrected chi connectivity index (χ2v) is 8.74. The van der Waals surface area contributed by atoms with Gasteiger partial charge in [0.2, 0.25) is 10.0 Å². The third-order valence-electron chi connectivity index (χ3n) is 4.66. The smallest absolute Gasteiger partial charge is 0.251 e. The van der Waals surface area contributed by atoms with E-state index in [0.717, 1.165) is 24.4 Å². The number of aryl methyl sites for hydroxylation is 3. The average Bonchev–Trinajstić information content (AvgIpc) is 3.03. The van der Waals surface area contributed by atoms with Gasteiger partial charge in [-0.1, -0.05) is 0 Å². The molecule has 0 bridgehead atoms. The molecule has 1 aromatic heterocycles. The summed E-state index contributed by atoms with van der Waals surface area (Å²) in [6, 6.07) is 8.07. The van der Waals surface area contributed by atoms with Crippen LogP contribution in [0.4, 0.5) is 0 Å². The number of aromatic nitrogens is 2. The zero-order valence-electron chi connectivity index (χ0n) is 16.2. The van der Waals surface area contributed by atoms with Crippen LogP contribution in [0.3, 0.4) is 0 Å². The maximum atomic E-state index is 12.6. The van der Waals surface area contributed by atoms with Gasteiger partial charge in [0.25, 0.3) is 5.91 Å². The van der Waals surface area contributed by atoms with Crippen molar-refractivity contribution in [2.24, 2.45) is 0 Å². The van der Waals surface area contributed by atoms with Gasteiger partial charge in [0, 0.05) is 37.4 Å². The summed E-state index contributed by atoms with van der Waals surface area (Å²) in [6.45, 7) is 6.70. The number of nitrogens with zero attached hydrogens (tertiary/aromatic N) is 3. The summed E-state index contributed by atoms with van der Waals surface area (Å²) in [4.78, 5) is 12.5. The van der Waals surface area contributed by atoms with Gasteiger partial charge >= 0.3 is 0 Å². The van der Waals surface area contributed by atoms with Gasteiger partial charge in [-0.05, 0) is 50.6 Å². The van der Waals surface area contributed by atoms with Gasteiger partial charge in [-0.25, -0.2) is 8.42 Å². The first-order valence-corrected chi connectivity index (χ1v) is 10.8. The Morgan fingerprint density at radius 2 is 1.86 bits per heavy atom. The maximum absolute atomic E-state index is 12.6. The molecule has 1 saturated heterocycles. The molecule has 0 spiro atoms. The minimum Gasteiger partial charge on any atom is -0.379 e. The van der Waals surface area contributed by atoms with Crippen molar-refractivity contribution in [3.8, 4) is 0 Å². The predicted octanol–water partition coefficient (Wildman–Crippen LogP) is 1.34. The summed E-state index contributed by atoms with van der Waals surface area (Å²) in [5.74, 6) is -0.219. The van der Waals surface area contributed by atoms with E-state index in [9.17, 15) is 13.2 Å². The van der Waals surface area contributed by atoms with Crippen LogP contribution in [0.1, 0.15) is 28.2 Å². The fourth-order valence-corrected chi connectivity index (χ4v) is 4.56. The SMILES string of the molecule is Cc1cc(C)n(CCCNC(=O)c2ccc(S(=O)(=O)N3CCOCC3)cc2)n1. The van der Waals surface area contributed by atoms with Crippen molar-refractivity contribution in [3.05, 3.63) is 47.3 Å². The van der Waals surface area contributed by atoms with Crippen LogP contribution < -0.4 is 5.32 Å². The highest BCUT2D eigenvalue weighted by Crippen LogP contribution is 2.17. The number of nitrogens with one attached hydrogen (secondary N) is 1. The molecule has 2 heterocycles. The number of morpholine rings is 1. The molecule has 8 nitrogen and oxygen atoms in total. The number of sulfonamides is 1. The number of hydrogen-bond donors (Lipinski definition) is 1. The molecule has 1 amide bonds. The molecule has 0 atom stereocenters. The lowest BCUT2D eigenvalue weighted by atomic mass is 10.2. The van der Waals surface area contributed by atoms with Gasteiger partial charge in [-0.2, -0.15) is 9.40 Å². The van der Waals surface area contributed by atoms with Crippen molar-refractivity contribution in [2.75, 3.05) is 32.8 Å². The highest BCUT2D eigenvalue weighted by Gasteiger charge is 2.26. The van der Waals surface area contributed by atoms with Crippen LogP contribution in [0, 0.1) is 13.8 Å². The lowest BCUT2D eigenvalue weighted by molar-refractivity contribution is 0.0730. The minimum absolute atomic E-state index is 0.190. The van der Waals surface area contributed by atoms with Gasteiger partial charge in [0.05, 0.1) is 23.8 Å². The van der Waals surface area contributed by atoms with E-state index >= 15 is 0 Å². The molecule has 1 aromatic carbocycles. The van der Waals surface area contributed by atoms with E-state index in [1.165, 1.54) is 16.4 Å². The second-order valence-electron chi connectivity index (χ2n) is 6.80. The predicted molar refractivity (Wildman–Crippen MR) is 105 cm³/mol. The molecule has 1 fully saturated rings. The van der Waals surface area contributed by atoms with E-state index in [1.807, 2.05) is 24.6 Å². The Labute approximate surface area is 165 Å². The molecule has 1 aliphatic heterocycles. The molecule has 1 aliphatic rings. The third-order valence-corrected chi connectivity index (χ3v) is 6.57. The molecule has 3 rings (SSSR count). The van der Waals surface area contributed by atoms with Gasteiger partial charge in [-0.3, -0.25) is 9.48 Å². The molecular weight excluding hydrogens is 380 g/mol. The highest BCUT2D eigenvalue weighted by atomic mass is 32.2. The first-order chi connectivity index (χ1) is 13.4. The number of benzene rings is 1. The topological polar surface area (TPSA) is 93.5 Å². The summed E-state index contributed by atoms with van der Waals surface area (Å²) in [5.41, 5.74) is 2.52. The third kappa shape index (κ3) is 4.78. The van der Waals surface area contributed by atoms with Crippen molar-refractivity contribution >= 4 is 15.9 Å². The van der Waals surface area contributed by atoms with Gasteiger partial charge in [0.15, 0.2) is 0 Å². The molecule has 0 radical (unpaired) electrons. The van der Waals surface area contributed by atoms with Crippen molar-refractivity contribution in [1.29, 1.82) is 0 Å². The first-order valence-electron chi connectivity index (χ1n) is 9.35. The van der Waals surface area contributed by atoms with E-state index in [4.69, 9.17) is 4.74 Å². The second kappa shape index (κ2) is 8.85. The Morgan fingerprint density at radius 3 is 2.46 bits per heavy atom. The Kier molecular flexibility index (Phi) is 6.48. The van der Waals surface area contributed by atoms with E-state index in [2.05, 4.69) is 10.4 Å². The van der Waals surface area contributed by atoms with Crippen LogP contribution in [-0.4, -0.2) is 61.3 Å². The number of rotatable bonds is 7. The van der Waals surface area contributed by atoms with E-state index in [1.54, 1.807) is 12.1 Å². The van der Waals surface area contributed by atoms with Gasteiger partial charge in [-0.15, -0.1) is 0 Å². The number of hydrogen-bond acceptors (Lipinski definition) is 5. The molecule has 0 saturated carbocycles. The Morgan fingerprint density at radius 1 is 1.18 bits per heavy atom. The van der Waals surface area contributed by atoms with E-state index in [-0.39, 0.29) is 10.8 Å². The van der Waals surface area contributed by atoms with Crippen LogP contribution >= 0.6 is 0 Å². The van der Waals surface area contributed by atoms with Crippen molar-refractivity contribution in [2.45, 2.75) is 31.7 Å². The van der Waals surface area contributed by atoms with E-state index in [0.29, 0.717) is 38.4 Å². The number of amides is 1. The fourth-order valence-electron chi connectivity index (χ4n) is 3.15. The molecule has 28 heavy (non-hydrogen) atoms. The van der Waals surface area contributed by atoms with Crippen molar-refractivity contribution in [1.82, 2.24) is 19.4 Å². The highest BCUT2D eigenvalue weighted by molar-refractivity contribution is 7.89. The van der Waals surface area contributed by atoms with Crippen LogP contribution in [0.5, 0.6) is 0 Å². The zero-order valence-corrected chi connectivity index (χ0v) is 17.0.